The summed E-state index contributed by atoms with van der Waals surface area (Å²) in [6.07, 6.45) is 1.53. The van der Waals surface area contributed by atoms with Gasteiger partial charge in [-0.05, 0) is 31.5 Å². The van der Waals surface area contributed by atoms with E-state index in [1.54, 1.807) is 26.0 Å². The Hall–Kier alpha value is -2.59. The predicted octanol–water partition coefficient (Wildman–Crippen LogP) is 2.66. The molecule has 6 nitrogen and oxygen atoms in total. The van der Waals surface area contributed by atoms with E-state index in [2.05, 4.69) is 9.97 Å². The zero-order chi connectivity index (χ0) is 17.0. The Bertz CT molecular complexity index is 805. The Kier molecular flexibility index (Phi) is 5.19. The van der Waals surface area contributed by atoms with Gasteiger partial charge in [0.25, 0.3) is 0 Å². The average Bonchev–Trinajstić information content (AvgIpc) is 2.86. The summed E-state index contributed by atoms with van der Waals surface area (Å²) in [5.41, 5.74) is 2.24. The van der Waals surface area contributed by atoms with E-state index in [-0.39, 0.29) is 11.5 Å². The number of nitriles is 1. The van der Waals surface area contributed by atoms with Gasteiger partial charge >= 0.3 is 5.97 Å². The number of esters is 1. The lowest BCUT2D eigenvalue weighted by Crippen LogP contribution is -2.07. The summed E-state index contributed by atoms with van der Waals surface area (Å²) in [6.45, 7) is 3.43. The molecule has 0 amide bonds. The number of rotatable bonds is 5. The quantitative estimate of drug-likeness (QED) is 0.515. The van der Waals surface area contributed by atoms with Gasteiger partial charge in [-0.25, -0.2) is 9.78 Å². The van der Waals surface area contributed by atoms with E-state index in [0.29, 0.717) is 33.1 Å². The molecular weight excluding hydrogens is 314 g/mol. The number of nitrogens with zero attached hydrogens (tertiary/aromatic N) is 2. The number of aryl methyl sites for hydroxylation is 1. The third kappa shape index (κ3) is 3.43. The van der Waals surface area contributed by atoms with Crippen molar-refractivity contribution in [2.24, 2.45) is 0 Å². The van der Waals surface area contributed by atoms with Crippen LogP contribution in [-0.4, -0.2) is 34.6 Å². The number of aromatic nitrogens is 2. The number of hydrogen-bond acceptors (Lipinski definition) is 6. The molecule has 7 heteroatoms. The topological polar surface area (TPSA) is 95.8 Å². The summed E-state index contributed by atoms with van der Waals surface area (Å²) in [4.78, 5) is 31.7. The van der Waals surface area contributed by atoms with E-state index >= 15 is 0 Å². The van der Waals surface area contributed by atoms with Crippen LogP contribution in [0.15, 0.2) is 23.2 Å². The fourth-order valence-corrected chi connectivity index (χ4v) is 3.08. The second kappa shape index (κ2) is 7.11. The van der Waals surface area contributed by atoms with Crippen LogP contribution in [0.2, 0.25) is 0 Å². The number of carbonyl (C=O) groups excluding carboxylic acids is 2. The number of H-pyrrole nitrogens is 1. The highest BCUT2D eigenvalue weighted by Gasteiger charge is 2.22. The van der Waals surface area contributed by atoms with Crippen LogP contribution in [0.25, 0.3) is 0 Å². The first-order chi connectivity index (χ1) is 11.0. The molecule has 23 heavy (non-hydrogen) atoms. The lowest BCUT2D eigenvalue weighted by atomic mass is 10.1. The van der Waals surface area contributed by atoms with Crippen molar-refractivity contribution in [3.05, 3.63) is 46.5 Å². The zero-order valence-corrected chi connectivity index (χ0v) is 13.8. The molecule has 118 valence electrons. The first-order valence-electron chi connectivity index (χ1n) is 6.78. The first-order valence-corrected chi connectivity index (χ1v) is 7.76. The van der Waals surface area contributed by atoms with Gasteiger partial charge in [-0.15, -0.1) is 11.8 Å². The zero-order valence-electron chi connectivity index (χ0n) is 13.0. The number of ketones is 1. The Balaban J connectivity index is 2.19. The van der Waals surface area contributed by atoms with Crippen LogP contribution in [0, 0.1) is 25.2 Å². The third-order valence-corrected chi connectivity index (χ3v) is 4.39. The van der Waals surface area contributed by atoms with Gasteiger partial charge in [-0.2, -0.15) is 5.26 Å². The van der Waals surface area contributed by atoms with Gasteiger partial charge in [0.1, 0.15) is 6.07 Å². The van der Waals surface area contributed by atoms with Gasteiger partial charge < -0.3 is 9.72 Å². The largest absolute Gasteiger partial charge is 0.465 e. The molecule has 0 aliphatic rings. The third-order valence-electron chi connectivity index (χ3n) is 3.34. The summed E-state index contributed by atoms with van der Waals surface area (Å²) in [5.74, 6) is -0.484. The van der Waals surface area contributed by atoms with E-state index < -0.39 is 5.97 Å². The number of carbonyl (C=O) groups is 2. The molecule has 2 rings (SSSR count). The van der Waals surface area contributed by atoms with Gasteiger partial charge in [0.2, 0.25) is 0 Å². The van der Waals surface area contributed by atoms with E-state index in [9.17, 15) is 9.59 Å². The summed E-state index contributed by atoms with van der Waals surface area (Å²) in [5, 5.41) is 9.00. The van der Waals surface area contributed by atoms with Gasteiger partial charge in [0.15, 0.2) is 11.5 Å². The summed E-state index contributed by atoms with van der Waals surface area (Å²) in [6, 6.07) is 5.46. The lowest BCUT2D eigenvalue weighted by Gasteiger charge is -2.03. The molecule has 0 aliphatic heterocycles. The van der Waals surface area contributed by atoms with Gasteiger partial charge in [0, 0.05) is 16.8 Å². The fraction of sp³-hybridized carbons (Fsp3) is 0.250. The summed E-state index contributed by atoms with van der Waals surface area (Å²) < 4.78 is 4.73. The van der Waals surface area contributed by atoms with E-state index in [1.807, 2.05) is 6.07 Å². The molecule has 0 aromatic carbocycles. The minimum Gasteiger partial charge on any atom is -0.465 e. The molecule has 2 heterocycles. The van der Waals surface area contributed by atoms with E-state index in [0.717, 1.165) is 0 Å². The summed E-state index contributed by atoms with van der Waals surface area (Å²) in [7, 11) is 1.30. The number of thioether (sulfide) groups is 1. The number of Topliss-reactive ketones (excluding diaryl/α,β-unsaturated/α-hetero) is 1. The highest BCUT2D eigenvalue weighted by atomic mass is 32.2. The molecule has 0 unspecified atom stereocenters. The van der Waals surface area contributed by atoms with Crippen molar-refractivity contribution in [2.45, 2.75) is 18.7 Å². The SMILES string of the molecule is COC(=O)c1c(C)[nH]c(C(=O)CSc2cccnc2C#N)c1C. The summed E-state index contributed by atoms with van der Waals surface area (Å²) >= 11 is 1.24. The van der Waals surface area contributed by atoms with Crippen LogP contribution in [0.5, 0.6) is 0 Å². The average molecular weight is 329 g/mol. The smallest absolute Gasteiger partial charge is 0.339 e. The molecule has 0 radical (unpaired) electrons. The van der Waals surface area contributed by atoms with Gasteiger partial charge in [-0.1, -0.05) is 0 Å². The fourth-order valence-electron chi connectivity index (χ4n) is 2.24. The number of hydrogen-bond donors (Lipinski definition) is 1. The molecule has 0 atom stereocenters. The van der Waals surface area contributed by atoms with Gasteiger partial charge in [0.05, 0.1) is 24.1 Å². The number of aromatic amines is 1. The number of pyridine rings is 1. The maximum Gasteiger partial charge on any atom is 0.339 e. The second-order valence-electron chi connectivity index (χ2n) is 4.79. The lowest BCUT2D eigenvalue weighted by molar-refractivity contribution is 0.0599. The van der Waals surface area contributed by atoms with Crippen LogP contribution in [-0.2, 0) is 4.74 Å². The molecule has 0 fully saturated rings. The molecule has 2 aromatic heterocycles. The molecule has 0 saturated carbocycles. The first kappa shape index (κ1) is 16.8. The van der Waals surface area contributed by atoms with Crippen LogP contribution >= 0.6 is 11.8 Å². The predicted molar refractivity (Wildman–Crippen MR) is 85.6 cm³/mol. The van der Waals surface area contributed by atoms with Crippen molar-refractivity contribution in [2.75, 3.05) is 12.9 Å². The van der Waals surface area contributed by atoms with Gasteiger partial charge in [-0.3, -0.25) is 4.79 Å². The molecule has 0 spiro atoms. The van der Waals surface area contributed by atoms with Crippen LogP contribution < -0.4 is 0 Å². The van der Waals surface area contributed by atoms with Crippen LogP contribution in [0.4, 0.5) is 0 Å². The highest BCUT2D eigenvalue weighted by molar-refractivity contribution is 8.00. The Morgan fingerprint density at radius 1 is 1.43 bits per heavy atom. The molecule has 2 aromatic rings. The Morgan fingerprint density at radius 2 is 2.17 bits per heavy atom. The molecule has 1 N–H and O–H groups in total. The van der Waals surface area contributed by atoms with Crippen molar-refractivity contribution in [1.82, 2.24) is 9.97 Å². The molecular formula is C16H15N3O3S. The minimum atomic E-state index is -0.470. The number of ether oxygens (including phenoxy) is 1. The Morgan fingerprint density at radius 3 is 2.83 bits per heavy atom. The van der Waals surface area contributed by atoms with E-state index in [4.69, 9.17) is 10.00 Å². The van der Waals surface area contributed by atoms with Crippen LogP contribution in [0.1, 0.15) is 37.8 Å². The van der Waals surface area contributed by atoms with Crippen molar-refractivity contribution < 1.29 is 14.3 Å². The Labute approximate surface area is 137 Å². The van der Waals surface area contributed by atoms with Crippen molar-refractivity contribution in [3.8, 4) is 6.07 Å². The number of nitrogens with one attached hydrogen (secondary N) is 1. The van der Waals surface area contributed by atoms with Crippen LogP contribution in [0.3, 0.4) is 0 Å². The monoisotopic (exact) mass is 329 g/mol. The minimum absolute atomic E-state index is 0.141. The standard InChI is InChI=1S/C16H15N3O3S/c1-9-14(16(21)22-3)10(2)19-15(9)12(20)8-23-13-5-4-6-18-11(13)7-17/h4-6,19H,8H2,1-3H3. The van der Waals surface area contributed by atoms with Crippen molar-refractivity contribution in [3.63, 3.8) is 0 Å². The van der Waals surface area contributed by atoms with E-state index in [1.165, 1.54) is 25.1 Å². The maximum atomic E-state index is 12.4. The maximum absolute atomic E-state index is 12.4. The molecule has 0 aliphatic carbocycles. The molecule has 0 bridgehead atoms. The normalized spacial score (nSPS) is 10.2. The number of methoxy groups -OCH3 is 1. The highest BCUT2D eigenvalue weighted by Crippen LogP contribution is 2.24. The second-order valence-corrected chi connectivity index (χ2v) is 5.81. The van der Waals surface area contributed by atoms with Crippen molar-refractivity contribution in [1.29, 1.82) is 5.26 Å². The van der Waals surface area contributed by atoms with Crippen molar-refractivity contribution >= 4 is 23.5 Å². The molecule has 0 saturated heterocycles.